The Balaban J connectivity index is 1.65. The number of benzene rings is 1. The molecule has 2 heterocycles. The molecule has 23 heavy (non-hydrogen) atoms. The van der Waals surface area contributed by atoms with Crippen molar-refractivity contribution < 1.29 is 13.6 Å². The monoisotopic (exact) mass is 337 g/mol. The van der Waals surface area contributed by atoms with Crippen LogP contribution in [0.15, 0.2) is 40.4 Å². The first-order valence-electron chi connectivity index (χ1n) is 6.95. The number of halogens is 2. The van der Waals surface area contributed by atoms with E-state index < -0.39 is 17.6 Å². The highest BCUT2D eigenvalue weighted by molar-refractivity contribution is 7.99. The summed E-state index contributed by atoms with van der Waals surface area (Å²) in [6.07, 6.45) is 1.44. The maximum atomic E-state index is 13.5. The van der Waals surface area contributed by atoms with Gasteiger partial charge in [-0.25, -0.2) is 13.8 Å². The quantitative estimate of drug-likeness (QED) is 0.864. The van der Waals surface area contributed by atoms with Gasteiger partial charge in [0.2, 0.25) is 5.91 Å². The maximum Gasteiger partial charge on any atom is 0.254 e. The number of nitrogens with one attached hydrogen (secondary N) is 1. The van der Waals surface area contributed by atoms with Gasteiger partial charge in [-0.3, -0.25) is 14.2 Å². The molecule has 0 bridgehead atoms. The minimum atomic E-state index is -0.700. The zero-order valence-corrected chi connectivity index (χ0v) is 12.8. The van der Waals surface area contributed by atoms with Gasteiger partial charge in [0.15, 0.2) is 5.16 Å². The van der Waals surface area contributed by atoms with Gasteiger partial charge in [-0.2, -0.15) is 0 Å². The number of carbonyl (C=O) groups is 1. The van der Waals surface area contributed by atoms with E-state index in [-0.39, 0.29) is 30.1 Å². The van der Waals surface area contributed by atoms with Crippen molar-refractivity contribution in [1.29, 1.82) is 0 Å². The number of amides is 1. The maximum absolute atomic E-state index is 13.5. The minimum Gasteiger partial charge on any atom is -0.352 e. The predicted molar refractivity (Wildman–Crippen MR) is 80.9 cm³/mol. The Morgan fingerprint density at radius 3 is 3.00 bits per heavy atom. The molecular weight excluding hydrogens is 324 g/mol. The first-order chi connectivity index (χ1) is 11.0. The highest BCUT2D eigenvalue weighted by Crippen LogP contribution is 2.24. The highest BCUT2D eigenvalue weighted by Gasteiger charge is 2.26. The van der Waals surface area contributed by atoms with Gasteiger partial charge in [-0.05, 0) is 6.07 Å². The Morgan fingerprint density at radius 1 is 1.39 bits per heavy atom. The first-order valence-corrected chi connectivity index (χ1v) is 7.93. The van der Waals surface area contributed by atoms with Crippen LogP contribution in [-0.2, 0) is 17.9 Å². The molecule has 0 spiro atoms. The summed E-state index contributed by atoms with van der Waals surface area (Å²) in [5.41, 5.74) is 0.00650. The number of hydrogen-bond acceptors (Lipinski definition) is 4. The molecule has 1 aromatic carbocycles. The standard InChI is InChI=1S/C15H13F2N3O2S/c16-11-2-1-9(12(17)5-11)6-19-14(22)10-7-20-13(21)3-4-18-15(20)23-8-10/h1-5,10H,6-8H2,(H,19,22)/t10-/m1/s1. The zero-order chi connectivity index (χ0) is 16.4. The molecule has 120 valence electrons. The van der Waals surface area contributed by atoms with Crippen LogP contribution >= 0.6 is 11.8 Å². The third-order valence-corrected chi connectivity index (χ3v) is 4.71. The summed E-state index contributed by atoms with van der Waals surface area (Å²) in [4.78, 5) is 28.1. The van der Waals surface area contributed by atoms with Crippen molar-refractivity contribution in [3.8, 4) is 0 Å². The molecule has 3 rings (SSSR count). The number of carbonyl (C=O) groups excluding carboxylic acids is 1. The van der Waals surface area contributed by atoms with Crippen LogP contribution < -0.4 is 10.9 Å². The van der Waals surface area contributed by atoms with E-state index in [1.807, 2.05) is 0 Å². The Labute approximate surface area is 134 Å². The fraction of sp³-hybridized carbons (Fsp3) is 0.267. The van der Waals surface area contributed by atoms with Crippen LogP contribution in [0.4, 0.5) is 8.78 Å². The number of aromatic nitrogens is 2. The molecule has 0 fully saturated rings. The Kier molecular flexibility index (Phi) is 4.42. The summed E-state index contributed by atoms with van der Waals surface area (Å²) < 4.78 is 27.8. The summed E-state index contributed by atoms with van der Waals surface area (Å²) in [5.74, 6) is -1.55. The van der Waals surface area contributed by atoms with Crippen LogP contribution in [0.25, 0.3) is 0 Å². The van der Waals surface area contributed by atoms with E-state index in [0.717, 1.165) is 12.1 Å². The second-order valence-corrected chi connectivity index (χ2v) is 6.12. The summed E-state index contributed by atoms with van der Waals surface area (Å²) in [7, 11) is 0. The Bertz CT molecular complexity index is 810. The van der Waals surface area contributed by atoms with Gasteiger partial charge < -0.3 is 5.32 Å². The molecule has 2 aromatic rings. The number of nitrogens with zero attached hydrogens (tertiary/aromatic N) is 2. The van der Waals surface area contributed by atoms with Crippen LogP contribution in [0.2, 0.25) is 0 Å². The molecule has 0 unspecified atom stereocenters. The van der Waals surface area contributed by atoms with Crippen molar-refractivity contribution in [2.24, 2.45) is 5.92 Å². The summed E-state index contributed by atoms with van der Waals surface area (Å²) in [6, 6.07) is 4.56. The Hall–Kier alpha value is -2.22. The van der Waals surface area contributed by atoms with Crippen molar-refractivity contribution in [2.75, 3.05) is 5.75 Å². The number of rotatable bonds is 3. The van der Waals surface area contributed by atoms with Gasteiger partial charge in [-0.15, -0.1) is 0 Å². The Morgan fingerprint density at radius 2 is 2.22 bits per heavy atom. The molecule has 0 saturated carbocycles. The molecule has 0 radical (unpaired) electrons. The van der Waals surface area contributed by atoms with Gasteiger partial charge >= 0.3 is 0 Å². The van der Waals surface area contributed by atoms with Gasteiger partial charge in [0.05, 0.1) is 5.92 Å². The third kappa shape index (κ3) is 3.42. The van der Waals surface area contributed by atoms with Gasteiger partial charge in [0, 0.05) is 42.7 Å². The van der Waals surface area contributed by atoms with Gasteiger partial charge in [-0.1, -0.05) is 17.8 Å². The number of fused-ring (bicyclic) bond motifs is 1. The molecule has 0 saturated heterocycles. The van der Waals surface area contributed by atoms with E-state index in [1.165, 1.54) is 34.7 Å². The van der Waals surface area contributed by atoms with Gasteiger partial charge in [0.25, 0.3) is 5.56 Å². The molecule has 1 atom stereocenters. The van der Waals surface area contributed by atoms with Crippen LogP contribution in [0.1, 0.15) is 5.56 Å². The van der Waals surface area contributed by atoms with Crippen molar-refractivity contribution in [3.05, 3.63) is 58.0 Å². The average Bonchev–Trinajstić information content (AvgIpc) is 2.54. The molecule has 0 aliphatic carbocycles. The lowest BCUT2D eigenvalue weighted by Gasteiger charge is -2.23. The minimum absolute atomic E-state index is 0.0269. The molecule has 1 aliphatic rings. The number of hydrogen-bond donors (Lipinski definition) is 1. The molecule has 1 amide bonds. The number of thioether (sulfide) groups is 1. The van der Waals surface area contributed by atoms with Crippen LogP contribution in [0.3, 0.4) is 0 Å². The van der Waals surface area contributed by atoms with E-state index in [0.29, 0.717) is 10.9 Å². The molecule has 1 N–H and O–H groups in total. The van der Waals surface area contributed by atoms with Crippen LogP contribution in [0.5, 0.6) is 0 Å². The first kappa shape index (κ1) is 15.7. The lowest BCUT2D eigenvalue weighted by molar-refractivity contribution is -0.125. The van der Waals surface area contributed by atoms with Crippen molar-refractivity contribution in [2.45, 2.75) is 18.2 Å². The zero-order valence-electron chi connectivity index (χ0n) is 12.0. The largest absolute Gasteiger partial charge is 0.352 e. The second kappa shape index (κ2) is 6.49. The van der Waals surface area contributed by atoms with Gasteiger partial charge in [0.1, 0.15) is 11.6 Å². The smallest absolute Gasteiger partial charge is 0.254 e. The summed E-state index contributed by atoms with van der Waals surface area (Å²) in [6.45, 7) is 0.216. The molecule has 1 aromatic heterocycles. The lowest BCUT2D eigenvalue weighted by Crippen LogP contribution is -2.39. The van der Waals surface area contributed by atoms with E-state index >= 15 is 0 Å². The average molecular weight is 337 g/mol. The van der Waals surface area contributed by atoms with Crippen LogP contribution in [0, 0.1) is 17.6 Å². The second-order valence-electron chi connectivity index (χ2n) is 5.14. The SMILES string of the molecule is O=C(NCc1ccc(F)cc1F)[C@H]1CSc2nccc(=O)n2C1. The molecule has 1 aliphatic heterocycles. The van der Waals surface area contributed by atoms with E-state index in [9.17, 15) is 18.4 Å². The summed E-state index contributed by atoms with van der Waals surface area (Å²) in [5, 5.41) is 3.22. The molecule has 8 heteroatoms. The molecule has 5 nitrogen and oxygen atoms in total. The van der Waals surface area contributed by atoms with Crippen LogP contribution in [-0.4, -0.2) is 21.2 Å². The highest BCUT2D eigenvalue weighted by atomic mass is 32.2. The van der Waals surface area contributed by atoms with E-state index in [2.05, 4.69) is 10.3 Å². The fourth-order valence-electron chi connectivity index (χ4n) is 2.30. The fourth-order valence-corrected chi connectivity index (χ4v) is 3.36. The normalized spacial score (nSPS) is 16.7. The predicted octanol–water partition coefficient (Wildman–Crippen LogP) is 1.56. The topological polar surface area (TPSA) is 64.0 Å². The summed E-state index contributed by atoms with van der Waals surface area (Å²) >= 11 is 1.33. The van der Waals surface area contributed by atoms with Crippen molar-refractivity contribution >= 4 is 17.7 Å². The van der Waals surface area contributed by atoms with E-state index in [4.69, 9.17) is 0 Å². The molecular formula is C15H13F2N3O2S. The van der Waals surface area contributed by atoms with Crippen molar-refractivity contribution in [1.82, 2.24) is 14.9 Å². The van der Waals surface area contributed by atoms with Crippen molar-refractivity contribution in [3.63, 3.8) is 0 Å². The van der Waals surface area contributed by atoms with E-state index in [1.54, 1.807) is 0 Å². The third-order valence-electron chi connectivity index (χ3n) is 3.55. The lowest BCUT2D eigenvalue weighted by atomic mass is 10.1.